The first-order valence-electron chi connectivity index (χ1n) is 12.0. The Labute approximate surface area is 211 Å². The van der Waals surface area contributed by atoms with Crippen molar-refractivity contribution in [2.45, 2.75) is 36.1 Å². The third kappa shape index (κ3) is 5.15. The van der Waals surface area contributed by atoms with Crippen molar-refractivity contribution in [1.82, 2.24) is 24.7 Å². The Balaban J connectivity index is 1.08. The van der Waals surface area contributed by atoms with Crippen LogP contribution in [0.3, 0.4) is 0 Å². The van der Waals surface area contributed by atoms with E-state index in [0.29, 0.717) is 43.5 Å². The van der Waals surface area contributed by atoms with Crippen LogP contribution in [0.1, 0.15) is 36.5 Å². The van der Waals surface area contributed by atoms with E-state index in [1.807, 2.05) is 18.2 Å². The van der Waals surface area contributed by atoms with Crippen molar-refractivity contribution in [3.63, 3.8) is 0 Å². The van der Waals surface area contributed by atoms with Gasteiger partial charge in [-0.15, -0.1) is 0 Å². The third-order valence-corrected chi connectivity index (χ3v) is 9.26. The van der Waals surface area contributed by atoms with E-state index in [0.717, 1.165) is 43.2 Å². The molecular weight excluding hydrogens is 486 g/mol. The van der Waals surface area contributed by atoms with Crippen LogP contribution in [0.25, 0.3) is 0 Å². The minimum absolute atomic E-state index is 0.175. The van der Waals surface area contributed by atoms with Gasteiger partial charge in [0, 0.05) is 44.3 Å². The van der Waals surface area contributed by atoms with Gasteiger partial charge in [0.1, 0.15) is 0 Å². The average Bonchev–Trinajstić information content (AvgIpc) is 3.32. The highest BCUT2D eigenvalue weighted by molar-refractivity contribution is 7.89. The van der Waals surface area contributed by atoms with E-state index in [2.05, 4.69) is 27.5 Å². The van der Waals surface area contributed by atoms with Gasteiger partial charge in [-0.1, -0.05) is 53.5 Å². The molecule has 1 N–H and O–H groups in total. The zero-order chi connectivity index (χ0) is 24.3. The molecule has 1 aliphatic heterocycles. The lowest BCUT2D eigenvalue weighted by atomic mass is 9.64. The van der Waals surface area contributed by atoms with Crippen LogP contribution in [0.5, 0.6) is 0 Å². The molecule has 2 aromatic carbocycles. The molecule has 0 amide bonds. The highest BCUT2D eigenvalue weighted by atomic mass is 35.5. The van der Waals surface area contributed by atoms with Crippen molar-refractivity contribution in [3.8, 4) is 0 Å². The van der Waals surface area contributed by atoms with Crippen LogP contribution < -0.4 is 5.32 Å². The number of benzene rings is 2. The predicted molar refractivity (Wildman–Crippen MR) is 134 cm³/mol. The number of halogens is 1. The summed E-state index contributed by atoms with van der Waals surface area (Å²) in [5.41, 5.74) is 1.01. The smallest absolute Gasteiger partial charge is 0.243 e. The lowest BCUT2D eigenvalue weighted by molar-refractivity contribution is 0.188. The van der Waals surface area contributed by atoms with Crippen molar-refractivity contribution in [2.75, 3.05) is 39.3 Å². The lowest BCUT2D eigenvalue weighted by Gasteiger charge is -2.39. The van der Waals surface area contributed by atoms with Crippen molar-refractivity contribution in [2.24, 2.45) is 0 Å². The van der Waals surface area contributed by atoms with E-state index >= 15 is 0 Å². The van der Waals surface area contributed by atoms with Gasteiger partial charge in [-0.05, 0) is 42.7 Å². The molecule has 5 rings (SSSR count). The second kappa shape index (κ2) is 10.4. The fraction of sp³-hybridized carbons (Fsp3) is 0.440. The van der Waals surface area contributed by atoms with E-state index in [1.54, 1.807) is 28.6 Å². The molecule has 2 heterocycles. The van der Waals surface area contributed by atoms with Crippen molar-refractivity contribution < 1.29 is 12.9 Å². The topological polar surface area (TPSA) is 91.6 Å². The molecule has 2 aliphatic rings. The highest BCUT2D eigenvalue weighted by Crippen LogP contribution is 2.47. The molecule has 1 aromatic heterocycles. The van der Waals surface area contributed by atoms with Gasteiger partial charge in [0.2, 0.25) is 15.9 Å². The normalized spacial score (nSPS) is 18.9. The van der Waals surface area contributed by atoms with Crippen LogP contribution in [0, 0.1) is 0 Å². The Morgan fingerprint density at radius 3 is 2.37 bits per heavy atom. The first-order valence-corrected chi connectivity index (χ1v) is 13.9. The monoisotopic (exact) mass is 515 g/mol. The molecular formula is C25H30ClN5O3S. The minimum atomic E-state index is -3.42. The van der Waals surface area contributed by atoms with Gasteiger partial charge in [0.05, 0.1) is 16.9 Å². The summed E-state index contributed by atoms with van der Waals surface area (Å²) >= 11 is 6.06. The summed E-state index contributed by atoms with van der Waals surface area (Å²) in [5.74, 6) is 1.33. The van der Waals surface area contributed by atoms with Crippen molar-refractivity contribution >= 4 is 21.6 Å². The summed E-state index contributed by atoms with van der Waals surface area (Å²) in [6.07, 6.45) is 3.16. The molecule has 0 radical (unpaired) electrons. The SMILES string of the molecule is O=S(=O)(c1ccccc1)N1CCN(CCNCc2nc(C3(c4ccc(Cl)cc4)CCC3)no2)CC1. The van der Waals surface area contributed by atoms with E-state index in [1.165, 1.54) is 5.56 Å². The van der Waals surface area contributed by atoms with Crippen LogP contribution in [-0.4, -0.2) is 67.0 Å². The van der Waals surface area contributed by atoms with Gasteiger partial charge in [-0.2, -0.15) is 9.29 Å². The Morgan fingerprint density at radius 1 is 1.00 bits per heavy atom. The number of aromatic nitrogens is 2. The summed E-state index contributed by atoms with van der Waals surface area (Å²) < 4.78 is 32.7. The first-order chi connectivity index (χ1) is 17.0. The quantitative estimate of drug-likeness (QED) is 0.437. The standard InChI is InChI=1S/C25H30ClN5O3S/c26-21-9-7-20(8-10-21)25(11-4-12-25)24-28-23(34-29-24)19-27-13-14-30-15-17-31(18-16-30)35(32,33)22-5-2-1-3-6-22/h1-3,5-10,27H,4,11-19H2. The van der Waals surface area contributed by atoms with Crippen LogP contribution >= 0.6 is 11.6 Å². The second-order valence-electron chi connectivity index (χ2n) is 9.19. The summed E-state index contributed by atoms with van der Waals surface area (Å²) in [6.45, 7) is 4.50. The van der Waals surface area contributed by atoms with Gasteiger partial charge < -0.3 is 9.84 Å². The number of nitrogens with zero attached hydrogens (tertiary/aromatic N) is 4. The average molecular weight is 516 g/mol. The maximum absolute atomic E-state index is 12.8. The molecule has 0 unspecified atom stereocenters. The molecule has 0 spiro atoms. The van der Waals surface area contributed by atoms with Gasteiger partial charge in [0.15, 0.2) is 5.82 Å². The van der Waals surface area contributed by atoms with Gasteiger partial charge in [0.25, 0.3) is 0 Å². The maximum Gasteiger partial charge on any atom is 0.243 e. The van der Waals surface area contributed by atoms with Crippen LogP contribution in [0.2, 0.25) is 5.02 Å². The summed E-state index contributed by atoms with van der Waals surface area (Å²) in [6, 6.07) is 16.6. The van der Waals surface area contributed by atoms with Gasteiger partial charge >= 0.3 is 0 Å². The Bertz CT molecular complexity index is 1220. The van der Waals surface area contributed by atoms with Crippen molar-refractivity contribution in [3.05, 3.63) is 76.9 Å². The first kappa shape index (κ1) is 24.4. The molecule has 8 nitrogen and oxygen atoms in total. The number of piperazine rings is 1. The maximum atomic E-state index is 12.8. The van der Waals surface area contributed by atoms with Crippen molar-refractivity contribution in [1.29, 1.82) is 0 Å². The molecule has 2 fully saturated rings. The van der Waals surface area contributed by atoms with Gasteiger partial charge in [-0.25, -0.2) is 8.42 Å². The fourth-order valence-electron chi connectivity index (χ4n) is 4.83. The van der Waals surface area contributed by atoms with Gasteiger partial charge in [-0.3, -0.25) is 4.90 Å². The second-order valence-corrected chi connectivity index (χ2v) is 11.6. The molecule has 1 saturated heterocycles. The molecule has 0 bridgehead atoms. The molecule has 1 aliphatic carbocycles. The number of rotatable bonds is 9. The zero-order valence-corrected chi connectivity index (χ0v) is 21.1. The molecule has 35 heavy (non-hydrogen) atoms. The lowest BCUT2D eigenvalue weighted by Crippen LogP contribution is -2.49. The largest absolute Gasteiger partial charge is 0.338 e. The fourth-order valence-corrected chi connectivity index (χ4v) is 6.40. The van der Waals surface area contributed by atoms with Crippen LogP contribution in [0.4, 0.5) is 0 Å². The minimum Gasteiger partial charge on any atom is -0.338 e. The highest BCUT2D eigenvalue weighted by Gasteiger charge is 2.44. The number of hydrogen-bond donors (Lipinski definition) is 1. The Kier molecular flexibility index (Phi) is 7.22. The number of hydrogen-bond acceptors (Lipinski definition) is 7. The van der Waals surface area contributed by atoms with E-state index in [4.69, 9.17) is 21.1 Å². The number of nitrogens with one attached hydrogen (secondary N) is 1. The Hall–Kier alpha value is -2.30. The zero-order valence-electron chi connectivity index (χ0n) is 19.6. The predicted octanol–water partition coefficient (Wildman–Crippen LogP) is 3.29. The van der Waals surface area contributed by atoms with E-state index in [-0.39, 0.29) is 5.41 Å². The summed E-state index contributed by atoms with van der Waals surface area (Å²) in [5, 5.41) is 8.40. The molecule has 3 aromatic rings. The Morgan fingerprint density at radius 2 is 1.71 bits per heavy atom. The molecule has 186 valence electrons. The van der Waals surface area contributed by atoms with E-state index < -0.39 is 10.0 Å². The molecule has 1 saturated carbocycles. The van der Waals surface area contributed by atoms with Crippen LogP contribution in [0.15, 0.2) is 64.0 Å². The summed E-state index contributed by atoms with van der Waals surface area (Å²) in [7, 11) is -3.42. The number of sulfonamides is 1. The molecule has 10 heteroatoms. The van der Waals surface area contributed by atoms with E-state index in [9.17, 15) is 8.42 Å². The third-order valence-electron chi connectivity index (χ3n) is 7.09. The summed E-state index contributed by atoms with van der Waals surface area (Å²) in [4.78, 5) is 7.32. The molecule has 0 atom stereocenters. The van der Waals surface area contributed by atoms with Crippen LogP contribution in [-0.2, 0) is 22.0 Å².